The summed E-state index contributed by atoms with van der Waals surface area (Å²) in [6.45, 7) is 2.08. The average Bonchev–Trinajstić information content (AvgIpc) is 3.23. The largest absolute Gasteiger partial charge is 0.348 e. The zero-order valence-electron chi connectivity index (χ0n) is 16.6. The van der Waals surface area contributed by atoms with Crippen LogP contribution >= 0.6 is 11.6 Å². The Kier molecular flexibility index (Phi) is 5.01. The van der Waals surface area contributed by atoms with E-state index in [0.717, 1.165) is 22.4 Å². The van der Waals surface area contributed by atoms with Crippen molar-refractivity contribution < 1.29 is 0 Å². The van der Waals surface area contributed by atoms with Crippen LogP contribution in [0.25, 0.3) is 28.1 Å². The summed E-state index contributed by atoms with van der Waals surface area (Å²) < 4.78 is 1.93. The molecule has 5 aromatic rings. The van der Waals surface area contributed by atoms with Crippen molar-refractivity contribution in [2.75, 3.05) is 5.32 Å². The SMILES string of the molecule is C[C@H](Nc1nccc(-n2cnc3cc(-c4nccnc4Cl)ccc32)n1)c1ccccc1. The van der Waals surface area contributed by atoms with Crippen molar-refractivity contribution in [2.24, 2.45) is 0 Å². The maximum absolute atomic E-state index is 6.19. The van der Waals surface area contributed by atoms with E-state index in [1.165, 1.54) is 5.56 Å². The summed E-state index contributed by atoms with van der Waals surface area (Å²) in [6.07, 6.45) is 6.68. The van der Waals surface area contributed by atoms with E-state index < -0.39 is 0 Å². The molecule has 0 aliphatic rings. The number of halogens is 1. The maximum Gasteiger partial charge on any atom is 0.225 e. The summed E-state index contributed by atoms with van der Waals surface area (Å²) in [4.78, 5) is 22.0. The standard InChI is InChI=1S/C23H18ClN7/c1-15(16-5-3-2-4-6-16)29-23-27-10-9-20(30-23)31-14-28-18-13-17(7-8-19(18)31)21-22(24)26-12-11-25-21/h2-15H,1H3,(H,27,29,30)/t15-/m0/s1. The molecule has 3 heterocycles. The molecule has 0 radical (unpaired) electrons. The molecule has 0 bridgehead atoms. The first-order valence-electron chi connectivity index (χ1n) is 9.78. The van der Waals surface area contributed by atoms with Gasteiger partial charge in [-0.3, -0.25) is 9.55 Å². The summed E-state index contributed by atoms with van der Waals surface area (Å²) in [5, 5.41) is 3.72. The smallest absolute Gasteiger partial charge is 0.225 e. The van der Waals surface area contributed by atoms with Gasteiger partial charge in [0.2, 0.25) is 5.95 Å². The van der Waals surface area contributed by atoms with Gasteiger partial charge in [0.15, 0.2) is 5.15 Å². The lowest BCUT2D eigenvalue weighted by atomic mass is 10.1. The molecule has 31 heavy (non-hydrogen) atoms. The average molecular weight is 428 g/mol. The molecule has 0 amide bonds. The molecule has 8 heteroatoms. The Bertz CT molecular complexity index is 1350. The number of nitrogens with zero attached hydrogens (tertiary/aromatic N) is 6. The number of anilines is 1. The van der Waals surface area contributed by atoms with E-state index in [0.29, 0.717) is 16.8 Å². The van der Waals surface area contributed by atoms with Crippen LogP contribution in [0.5, 0.6) is 0 Å². The van der Waals surface area contributed by atoms with Crippen LogP contribution in [0.1, 0.15) is 18.5 Å². The zero-order valence-corrected chi connectivity index (χ0v) is 17.4. The maximum atomic E-state index is 6.19. The van der Waals surface area contributed by atoms with Crippen LogP contribution in [0.4, 0.5) is 5.95 Å². The van der Waals surface area contributed by atoms with Crippen molar-refractivity contribution in [1.82, 2.24) is 29.5 Å². The van der Waals surface area contributed by atoms with Crippen LogP contribution in [0.15, 0.2) is 79.5 Å². The minimum absolute atomic E-state index is 0.0790. The fraction of sp³-hybridized carbons (Fsp3) is 0.0870. The molecule has 3 aromatic heterocycles. The third kappa shape index (κ3) is 3.83. The summed E-state index contributed by atoms with van der Waals surface area (Å²) in [6, 6.07) is 18.0. The van der Waals surface area contributed by atoms with Gasteiger partial charge < -0.3 is 5.32 Å². The first-order chi connectivity index (χ1) is 15.2. The lowest BCUT2D eigenvalue weighted by Crippen LogP contribution is -2.10. The Hall–Kier alpha value is -3.84. The van der Waals surface area contributed by atoms with Crippen molar-refractivity contribution in [2.45, 2.75) is 13.0 Å². The molecule has 2 aromatic carbocycles. The number of imidazole rings is 1. The quantitative estimate of drug-likeness (QED) is 0.420. The Morgan fingerprint density at radius 3 is 2.58 bits per heavy atom. The molecule has 0 unspecified atom stereocenters. The van der Waals surface area contributed by atoms with E-state index in [-0.39, 0.29) is 6.04 Å². The van der Waals surface area contributed by atoms with E-state index in [2.05, 4.69) is 49.3 Å². The normalized spacial score (nSPS) is 12.1. The van der Waals surface area contributed by atoms with Gasteiger partial charge >= 0.3 is 0 Å². The van der Waals surface area contributed by atoms with Crippen molar-refractivity contribution >= 4 is 28.6 Å². The monoisotopic (exact) mass is 427 g/mol. The van der Waals surface area contributed by atoms with Gasteiger partial charge in [-0.05, 0) is 30.7 Å². The molecule has 0 spiro atoms. The minimum Gasteiger partial charge on any atom is -0.348 e. The van der Waals surface area contributed by atoms with Gasteiger partial charge in [0.05, 0.1) is 17.1 Å². The highest BCUT2D eigenvalue weighted by molar-refractivity contribution is 6.31. The van der Waals surface area contributed by atoms with Crippen molar-refractivity contribution in [3.63, 3.8) is 0 Å². The second-order valence-corrected chi connectivity index (χ2v) is 7.39. The Morgan fingerprint density at radius 2 is 1.74 bits per heavy atom. The van der Waals surface area contributed by atoms with Gasteiger partial charge in [-0.2, -0.15) is 4.98 Å². The molecular formula is C23H18ClN7. The third-order valence-electron chi connectivity index (χ3n) is 5.01. The molecule has 0 fully saturated rings. The van der Waals surface area contributed by atoms with Crippen LogP contribution in [-0.4, -0.2) is 29.5 Å². The highest BCUT2D eigenvalue weighted by atomic mass is 35.5. The highest BCUT2D eigenvalue weighted by Crippen LogP contribution is 2.27. The molecular weight excluding hydrogens is 410 g/mol. The number of hydrogen-bond donors (Lipinski definition) is 1. The fourth-order valence-corrected chi connectivity index (χ4v) is 3.64. The Balaban J connectivity index is 1.46. The van der Waals surface area contributed by atoms with Gasteiger partial charge in [-0.25, -0.2) is 15.0 Å². The second kappa shape index (κ2) is 8.12. The van der Waals surface area contributed by atoms with Crippen LogP contribution in [-0.2, 0) is 0 Å². The molecule has 0 aliphatic carbocycles. The van der Waals surface area contributed by atoms with Crippen molar-refractivity contribution in [3.8, 4) is 17.1 Å². The van der Waals surface area contributed by atoms with Crippen LogP contribution < -0.4 is 5.32 Å². The lowest BCUT2D eigenvalue weighted by molar-refractivity contribution is 0.854. The van der Waals surface area contributed by atoms with Crippen LogP contribution in [0, 0.1) is 0 Å². The Labute approximate surface area is 183 Å². The summed E-state index contributed by atoms with van der Waals surface area (Å²) in [5.74, 6) is 1.28. The molecule has 0 saturated heterocycles. The van der Waals surface area contributed by atoms with Gasteiger partial charge in [0, 0.05) is 24.2 Å². The van der Waals surface area contributed by atoms with E-state index in [9.17, 15) is 0 Å². The van der Waals surface area contributed by atoms with E-state index >= 15 is 0 Å². The van der Waals surface area contributed by atoms with Gasteiger partial charge in [0.1, 0.15) is 17.8 Å². The molecule has 0 saturated carbocycles. The van der Waals surface area contributed by atoms with E-state index in [4.69, 9.17) is 11.6 Å². The number of aromatic nitrogens is 6. The van der Waals surface area contributed by atoms with Gasteiger partial charge in [0.25, 0.3) is 0 Å². The van der Waals surface area contributed by atoms with Crippen molar-refractivity contribution in [1.29, 1.82) is 0 Å². The van der Waals surface area contributed by atoms with E-state index in [1.54, 1.807) is 24.9 Å². The highest BCUT2D eigenvalue weighted by Gasteiger charge is 2.12. The number of nitrogens with one attached hydrogen (secondary N) is 1. The Morgan fingerprint density at radius 1 is 0.903 bits per heavy atom. The second-order valence-electron chi connectivity index (χ2n) is 7.03. The minimum atomic E-state index is 0.0790. The lowest BCUT2D eigenvalue weighted by Gasteiger charge is -2.14. The summed E-state index contributed by atoms with van der Waals surface area (Å²) in [5.41, 5.74) is 4.39. The number of fused-ring (bicyclic) bond motifs is 1. The van der Waals surface area contributed by atoms with E-state index in [1.807, 2.05) is 47.0 Å². The summed E-state index contributed by atoms with van der Waals surface area (Å²) in [7, 11) is 0. The fourth-order valence-electron chi connectivity index (χ4n) is 3.43. The molecule has 5 rings (SSSR count). The van der Waals surface area contributed by atoms with Crippen molar-refractivity contribution in [3.05, 3.63) is 90.2 Å². The predicted octanol–water partition coefficient (Wildman–Crippen LogP) is 5.10. The topological polar surface area (TPSA) is 81.4 Å². The third-order valence-corrected chi connectivity index (χ3v) is 5.28. The number of hydrogen-bond acceptors (Lipinski definition) is 6. The van der Waals surface area contributed by atoms with Gasteiger partial charge in [-0.15, -0.1) is 0 Å². The van der Waals surface area contributed by atoms with Gasteiger partial charge in [-0.1, -0.05) is 48.0 Å². The van der Waals surface area contributed by atoms with Crippen LogP contribution in [0.2, 0.25) is 5.15 Å². The molecule has 152 valence electrons. The first kappa shape index (κ1) is 19.1. The number of rotatable bonds is 5. The molecule has 1 N–H and O–H groups in total. The zero-order chi connectivity index (χ0) is 21.2. The number of benzene rings is 2. The predicted molar refractivity (Wildman–Crippen MR) is 121 cm³/mol. The summed E-state index contributed by atoms with van der Waals surface area (Å²) >= 11 is 6.19. The first-order valence-corrected chi connectivity index (χ1v) is 10.2. The molecule has 1 atom stereocenters. The van der Waals surface area contributed by atoms with Crippen LogP contribution in [0.3, 0.4) is 0 Å². The molecule has 7 nitrogen and oxygen atoms in total. The molecule has 0 aliphatic heterocycles.